The molecule has 1 heterocycles. The van der Waals surface area contributed by atoms with Gasteiger partial charge in [0, 0.05) is 26.2 Å². The molecule has 0 radical (unpaired) electrons. The Morgan fingerprint density at radius 3 is 2.65 bits per heavy atom. The first-order valence-corrected chi connectivity index (χ1v) is 7.80. The molecular weight excluding hydrogens is 244 g/mol. The summed E-state index contributed by atoms with van der Waals surface area (Å²) in [6, 6.07) is 8.85. The lowest BCUT2D eigenvalue weighted by Crippen LogP contribution is -2.29. The predicted octanol–water partition coefficient (Wildman–Crippen LogP) is 3.58. The van der Waals surface area contributed by atoms with E-state index >= 15 is 0 Å². The van der Waals surface area contributed by atoms with Crippen LogP contribution in [0.3, 0.4) is 0 Å². The third-order valence-corrected chi connectivity index (χ3v) is 3.79. The van der Waals surface area contributed by atoms with Crippen molar-refractivity contribution in [3.05, 3.63) is 47.0 Å². The highest BCUT2D eigenvalue weighted by molar-refractivity contribution is 5.27. The molecule has 2 heteroatoms. The molecule has 1 aromatic rings. The van der Waals surface area contributed by atoms with Crippen LogP contribution in [0.15, 0.2) is 35.9 Å². The summed E-state index contributed by atoms with van der Waals surface area (Å²) in [7, 11) is 0. The van der Waals surface area contributed by atoms with Crippen LogP contribution in [0.5, 0.6) is 0 Å². The van der Waals surface area contributed by atoms with E-state index in [9.17, 15) is 0 Å². The lowest BCUT2D eigenvalue weighted by atomic mass is 10.0. The highest BCUT2D eigenvalue weighted by atomic mass is 15.1. The molecule has 2 nitrogen and oxygen atoms in total. The van der Waals surface area contributed by atoms with Crippen LogP contribution in [0.2, 0.25) is 0 Å². The van der Waals surface area contributed by atoms with Crippen LogP contribution < -0.4 is 5.32 Å². The van der Waals surface area contributed by atoms with Crippen molar-refractivity contribution in [2.75, 3.05) is 19.6 Å². The summed E-state index contributed by atoms with van der Waals surface area (Å²) in [5.41, 5.74) is 4.42. The van der Waals surface area contributed by atoms with Crippen LogP contribution in [0, 0.1) is 5.92 Å². The first kappa shape index (κ1) is 15.3. The summed E-state index contributed by atoms with van der Waals surface area (Å²) in [6.45, 7) is 12.2. The Labute approximate surface area is 123 Å². The van der Waals surface area contributed by atoms with Crippen molar-refractivity contribution in [1.82, 2.24) is 10.2 Å². The summed E-state index contributed by atoms with van der Waals surface area (Å²) < 4.78 is 0. The molecule has 20 heavy (non-hydrogen) atoms. The molecule has 0 bridgehead atoms. The lowest BCUT2D eigenvalue weighted by molar-refractivity contribution is 0.281. The SMILES string of the molecule is CC1=CCCN(Cc2ccccc2CNCC(C)C)C1. The lowest BCUT2D eigenvalue weighted by Gasteiger charge is -2.27. The van der Waals surface area contributed by atoms with Gasteiger partial charge in [-0.15, -0.1) is 0 Å². The Morgan fingerprint density at radius 1 is 1.20 bits per heavy atom. The van der Waals surface area contributed by atoms with Crippen LogP contribution >= 0.6 is 0 Å². The van der Waals surface area contributed by atoms with Crippen LogP contribution in [0.4, 0.5) is 0 Å². The molecule has 0 saturated heterocycles. The smallest absolute Gasteiger partial charge is 0.0240 e. The first-order valence-electron chi connectivity index (χ1n) is 7.80. The van der Waals surface area contributed by atoms with E-state index in [1.165, 1.54) is 29.7 Å². The minimum Gasteiger partial charge on any atom is -0.312 e. The zero-order valence-corrected chi connectivity index (χ0v) is 13.2. The van der Waals surface area contributed by atoms with Gasteiger partial charge in [-0.1, -0.05) is 49.8 Å². The van der Waals surface area contributed by atoms with E-state index in [2.05, 4.69) is 61.3 Å². The topological polar surface area (TPSA) is 15.3 Å². The average Bonchev–Trinajstić information content (AvgIpc) is 2.40. The third kappa shape index (κ3) is 4.77. The maximum Gasteiger partial charge on any atom is 0.0240 e. The van der Waals surface area contributed by atoms with E-state index in [0.29, 0.717) is 5.92 Å². The summed E-state index contributed by atoms with van der Waals surface area (Å²) in [4.78, 5) is 2.55. The van der Waals surface area contributed by atoms with Gasteiger partial charge in [0.1, 0.15) is 0 Å². The molecule has 1 aliphatic heterocycles. The molecule has 0 spiro atoms. The fourth-order valence-corrected chi connectivity index (χ4v) is 2.75. The largest absolute Gasteiger partial charge is 0.312 e. The molecule has 0 fully saturated rings. The fourth-order valence-electron chi connectivity index (χ4n) is 2.75. The summed E-state index contributed by atoms with van der Waals surface area (Å²) in [5.74, 6) is 0.706. The number of hydrogen-bond donors (Lipinski definition) is 1. The van der Waals surface area contributed by atoms with Crippen LogP contribution in [-0.4, -0.2) is 24.5 Å². The first-order chi connectivity index (χ1) is 9.65. The van der Waals surface area contributed by atoms with E-state index in [1.807, 2.05) is 0 Å². The molecule has 0 aromatic heterocycles. The summed E-state index contributed by atoms with van der Waals surface area (Å²) in [6.07, 6.45) is 3.56. The van der Waals surface area contributed by atoms with E-state index in [0.717, 1.165) is 26.2 Å². The molecule has 0 saturated carbocycles. The minimum atomic E-state index is 0.706. The van der Waals surface area contributed by atoms with Gasteiger partial charge in [-0.05, 0) is 36.9 Å². The predicted molar refractivity (Wildman–Crippen MR) is 86.6 cm³/mol. The molecular formula is C18H28N2. The van der Waals surface area contributed by atoms with Crippen molar-refractivity contribution in [3.8, 4) is 0 Å². The van der Waals surface area contributed by atoms with Crippen molar-refractivity contribution in [2.24, 2.45) is 5.92 Å². The number of rotatable bonds is 6. The Hall–Kier alpha value is -1.12. The van der Waals surface area contributed by atoms with Gasteiger partial charge in [-0.25, -0.2) is 0 Å². The zero-order valence-electron chi connectivity index (χ0n) is 13.2. The second-order valence-electron chi connectivity index (χ2n) is 6.34. The van der Waals surface area contributed by atoms with Gasteiger partial charge in [0.2, 0.25) is 0 Å². The second-order valence-corrected chi connectivity index (χ2v) is 6.34. The van der Waals surface area contributed by atoms with Gasteiger partial charge in [0.25, 0.3) is 0 Å². The quantitative estimate of drug-likeness (QED) is 0.796. The minimum absolute atomic E-state index is 0.706. The molecule has 110 valence electrons. The van der Waals surface area contributed by atoms with E-state index < -0.39 is 0 Å². The summed E-state index contributed by atoms with van der Waals surface area (Å²) in [5, 5.41) is 3.56. The number of nitrogens with one attached hydrogen (secondary N) is 1. The van der Waals surface area contributed by atoms with Crippen LogP contribution in [-0.2, 0) is 13.1 Å². The van der Waals surface area contributed by atoms with Gasteiger partial charge in [-0.2, -0.15) is 0 Å². The van der Waals surface area contributed by atoms with Crippen molar-refractivity contribution in [2.45, 2.75) is 40.3 Å². The van der Waals surface area contributed by atoms with Crippen molar-refractivity contribution >= 4 is 0 Å². The zero-order chi connectivity index (χ0) is 14.4. The number of benzene rings is 1. The van der Waals surface area contributed by atoms with E-state index in [1.54, 1.807) is 0 Å². The number of nitrogens with zero attached hydrogens (tertiary/aromatic N) is 1. The van der Waals surface area contributed by atoms with Crippen molar-refractivity contribution in [1.29, 1.82) is 0 Å². The molecule has 1 N–H and O–H groups in total. The highest BCUT2D eigenvalue weighted by Gasteiger charge is 2.12. The van der Waals surface area contributed by atoms with Crippen molar-refractivity contribution in [3.63, 3.8) is 0 Å². The monoisotopic (exact) mass is 272 g/mol. The molecule has 0 atom stereocenters. The standard InChI is InChI=1S/C18H28N2/c1-15(2)11-19-12-17-8-4-5-9-18(17)14-20-10-6-7-16(3)13-20/h4-5,7-9,15,19H,6,10-14H2,1-3H3. The van der Waals surface area contributed by atoms with Crippen LogP contribution in [0.1, 0.15) is 38.3 Å². The maximum absolute atomic E-state index is 3.56. The Bertz CT molecular complexity index is 448. The van der Waals surface area contributed by atoms with Crippen LogP contribution in [0.25, 0.3) is 0 Å². The number of hydrogen-bond acceptors (Lipinski definition) is 2. The fraction of sp³-hybridized carbons (Fsp3) is 0.556. The van der Waals surface area contributed by atoms with Crippen molar-refractivity contribution < 1.29 is 0 Å². The molecule has 0 aliphatic carbocycles. The van der Waals surface area contributed by atoms with Gasteiger partial charge in [0.15, 0.2) is 0 Å². The molecule has 0 amide bonds. The van der Waals surface area contributed by atoms with Gasteiger partial charge >= 0.3 is 0 Å². The van der Waals surface area contributed by atoms with Gasteiger partial charge < -0.3 is 5.32 Å². The van der Waals surface area contributed by atoms with E-state index in [4.69, 9.17) is 0 Å². The third-order valence-electron chi connectivity index (χ3n) is 3.79. The normalized spacial score (nSPS) is 16.5. The van der Waals surface area contributed by atoms with Gasteiger partial charge in [0.05, 0.1) is 0 Å². The van der Waals surface area contributed by atoms with Gasteiger partial charge in [-0.3, -0.25) is 4.90 Å². The summed E-state index contributed by atoms with van der Waals surface area (Å²) >= 11 is 0. The Kier molecular flexibility index (Phi) is 5.81. The average molecular weight is 272 g/mol. The van der Waals surface area contributed by atoms with E-state index in [-0.39, 0.29) is 0 Å². The molecule has 2 rings (SSSR count). The Morgan fingerprint density at radius 2 is 1.95 bits per heavy atom. The molecule has 1 aromatic carbocycles. The second kappa shape index (κ2) is 7.61. The molecule has 0 unspecified atom stereocenters. The maximum atomic E-state index is 3.56. The molecule has 1 aliphatic rings. The Balaban J connectivity index is 1.95. The highest BCUT2D eigenvalue weighted by Crippen LogP contribution is 2.16.